The van der Waals surface area contributed by atoms with Gasteiger partial charge in [-0.3, -0.25) is 4.79 Å². The Morgan fingerprint density at radius 1 is 1.69 bits per heavy atom. The fourth-order valence-electron chi connectivity index (χ4n) is 1.18. The molecule has 0 aliphatic carbocycles. The highest BCUT2D eigenvalue weighted by molar-refractivity contribution is 7.18. The van der Waals surface area contributed by atoms with E-state index >= 15 is 0 Å². The van der Waals surface area contributed by atoms with Gasteiger partial charge in [0.25, 0.3) is 5.91 Å². The minimum absolute atomic E-state index is 0.0583. The summed E-state index contributed by atoms with van der Waals surface area (Å²) in [5, 5.41) is 6.25. The SMILES string of the molecule is CNc1nc(N)c(C(=O)NC(C)COC)s1. The van der Waals surface area contributed by atoms with Crippen LogP contribution in [0.25, 0.3) is 0 Å². The van der Waals surface area contributed by atoms with Crippen LogP contribution in [-0.2, 0) is 4.74 Å². The summed E-state index contributed by atoms with van der Waals surface area (Å²) >= 11 is 1.23. The standard InChI is InChI=1S/C9H16N4O2S/c1-5(4-15-3)12-8(14)6-7(10)13-9(11-2)16-6/h5H,4,10H2,1-3H3,(H,11,13)(H,12,14). The number of hydrogen-bond donors (Lipinski definition) is 3. The van der Waals surface area contributed by atoms with Crippen molar-refractivity contribution in [2.75, 3.05) is 31.8 Å². The number of methoxy groups -OCH3 is 1. The summed E-state index contributed by atoms with van der Waals surface area (Å²) in [5.74, 6) is 0.0255. The van der Waals surface area contributed by atoms with Crippen LogP contribution in [0, 0.1) is 0 Å². The number of nitrogens with two attached hydrogens (primary N) is 1. The molecule has 0 aliphatic rings. The summed E-state index contributed by atoms with van der Waals surface area (Å²) in [6.45, 7) is 2.32. The van der Waals surface area contributed by atoms with E-state index in [9.17, 15) is 4.79 Å². The third kappa shape index (κ3) is 3.07. The Labute approximate surface area is 98.2 Å². The monoisotopic (exact) mass is 244 g/mol. The quantitative estimate of drug-likeness (QED) is 0.703. The first-order chi connectivity index (χ1) is 7.58. The van der Waals surface area contributed by atoms with Gasteiger partial charge in [-0.15, -0.1) is 0 Å². The Bertz CT molecular complexity index is 366. The van der Waals surface area contributed by atoms with E-state index in [1.54, 1.807) is 14.2 Å². The molecule has 6 nitrogen and oxygen atoms in total. The first-order valence-corrected chi connectivity index (χ1v) is 5.64. The summed E-state index contributed by atoms with van der Waals surface area (Å²) in [5.41, 5.74) is 5.63. The zero-order valence-electron chi connectivity index (χ0n) is 9.53. The van der Waals surface area contributed by atoms with Crippen LogP contribution in [0.4, 0.5) is 10.9 Å². The molecule has 90 valence electrons. The van der Waals surface area contributed by atoms with E-state index in [2.05, 4.69) is 15.6 Å². The van der Waals surface area contributed by atoms with Gasteiger partial charge in [0.2, 0.25) is 0 Å². The van der Waals surface area contributed by atoms with Crippen LogP contribution in [0.15, 0.2) is 0 Å². The number of carbonyl (C=O) groups is 1. The van der Waals surface area contributed by atoms with Crippen LogP contribution in [0.1, 0.15) is 16.6 Å². The van der Waals surface area contributed by atoms with Crippen LogP contribution in [0.5, 0.6) is 0 Å². The number of nitrogens with zero attached hydrogens (tertiary/aromatic N) is 1. The van der Waals surface area contributed by atoms with E-state index in [1.807, 2.05) is 6.92 Å². The second-order valence-electron chi connectivity index (χ2n) is 3.31. The van der Waals surface area contributed by atoms with Gasteiger partial charge in [0, 0.05) is 20.2 Å². The van der Waals surface area contributed by atoms with E-state index in [0.717, 1.165) is 0 Å². The van der Waals surface area contributed by atoms with Crippen molar-refractivity contribution in [3.63, 3.8) is 0 Å². The highest BCUT2D eigenvalue weighted by Crippen LogP contribution is 2.24. The van der Waals surface area contributed by atoms with Gasteiger partial charge >= 0.3 is 0 Å². The van der Waals surface area contributed by atoms with Crippen LogP contribution < -0.4 is 16.4 Å². The summed E-state index contributed by atoms with van der Waals surface area (Å²) in [7, 11) is 3.32. The molecule has 0 saturated heterocycles. The molecule has 4 N–H and O–H groups in total. The molecule has 1 heterocycles. The molecule has 0 spiro atoms. The predicted octanol–water partition coefficient (Wildman–Crippen LogP) is 0.532. The molecule has 0 aromatic carbocycles. The number of nitrogen functional groups attached to an aromatic ring is 1. The molecule has 1 rings (SSSR count). The van der Waals surface area contributed by atoms with Crippen molar-refractivity contribution in [2.45, 2.75) is 13.0 Å². The molecule has 0 bridgehead atoms. The summed E-state index contributed by atoms with van der Waals surface area (Å²) in [4.78, 5) is 16.2. The Morgan fingerprint density at radius 3 is 2.88 bits per heavy atom. The second kappa shape index (κ2) is 5.66. The van der Waals surface area contributed by atoms with Gasteiger partial charge in [-0.2, -0.15) is 0 Å². The molecule has 0 saturated carbocycles. The summed E-state index contributed by atoms with van der Waals surface area (Å²) < 4.78 is 4.93. The van der Waals surface area contributed by atoms with E-state index in [4.69, 9.17) is 10.5 Å². The van der Waals surface area contributed by atoms with Crippen molar-refractivity contribution in [3.8, 4) is 0 Å². The lowest BCUT2D eigenvalue weighted by molar-refractivity contribution is 0.0910. The summed E-state index contributed by atoms with van der Waals surface area (Å²) in [6.07, 6.45) is 0. The topological polar surface area (TPSA) is 89.3 Å². The molecular weight excluding hydrogens is 228 g/mol. The molecule has 1 aromatic heterocycles. The van der Waals surface area contributed by atoms with Gasteiger partial charge in [0.05, 0.1) is 6.61 Å². The molecule has 0 aliphatic heterocycles. The normalized spacial score (nSPS) is 12.2. The molecular formula is C9H16N4O2S. The fraction of sp³-hybridized carbons (Fsp3) is 0.556. The number of carbonyl (C=O) groups excluding carboxylic acids is 1. The Kier molecular flexibility index (Phi) is 4.51. The van der Waals surface area contributed by atoms with Crippen molar-refractivity contribution in [2.24, 2.45) is 0 Å². The number of rotatable bonds is 5. The van der Waals surface area contributed by atoms with Gasteiger partial charge in [0.15, 0.2) is 5.13 Å². The summed E-state index contributed by atoms with van der Waals surface area (Å²) in [6, 6.07) is -0.0583. The van der Waals surface area contributed by atoms with E-state index in [-0.39, 0.29) is 17.8 Å². The van der Waals surface area contributed by atoms with E-state index in [1.165, 1.54) is 11.3 Å². The third-order valence-corrected chi connectivity index (χ3v) is 2.96. The highest BCUT2D eigenvalue weighted by atomic mass is 32.1. The van der Waals surface area contributed by atoms with E-state index in [0.29, 0.717) is 16.6 Å². The lowest BCUT2D eigenvalue weighted by Gasteiger charge is -2.11. The molecule has 1 unspecified atom stereocenters. The van der Waals surface area contributed by atoms with Crippen LogP contribution >= 0.6 is 11.3 Å². The minimum atomic E-state index is -0.221. The average Bonchev–Trinajstić information content (AvgIpc) is 2.60. The maximum absolute atomic E-state index is 11.8. The van der Waals surface area contributed by atoms with Crippen LogP contribution in [0.3, 0.4) is 0 Å². The molecule has 1 aromatic rings. The van der Waals surface area contributed by atoms with Crippen LogP contribution in [-0.4, -0.2) is 37.7 Å². The molecule has 0 radical (unpaired) electrons. The average molecular weight is 244 g/mol. The number of aromatic nitrogens is 1. The largest absolute Gasteiger partial charge is 0.383 e. The van der Waals surface area contributed by atoms with Crippen molar-refractivity contribution in [3.05, 3.63) is 4.88 Å². The first-order valence-electron chi connectivity index (χ1n) is 4.82. The van der Waals surface area contributed by atoms with Gasteiger partial charge in [-0.25, -0.2) is 4.98 Å². The maximum atomic E-state index is 11.8. The predicted molar refractivity (Wildman–Crippen MR) is 64.9 cm³/mol. The zero-order valence-corrected chi connectivity index (χ0v) is 10.4. The van der Waals surface area contributed by atoms with Crippen LogP contribution in [0.2, 0.25) is 0 Å². The number of hydrogen-bond acceptors (Lipinski definition) is 6. The number of thiazole rings is 1. The van der Waals surface area contributed by atoms with Crippen molar-refractivity contribution in [1.29, 1.82) is 0 Å². The first kappa shape index (κ1) is 12.7. The van der Waals surface area contributed by atoms with Crippen molar-refractivity contribution >= 4 is 28.2 Å². The molecule has 1 amide bonds. The lowest BCUT2D eigenvalue weighted by Crippen LogP contribution is -2.35. The van der Waals surface area contributed by atoms with Crippen molar-refractivity contribution in [1.82, 2.24) is 10.3 Å². The Balaban J connectivity index is 2.68. The molecule has 0 fully saturated rings. The van der Waals surface area contributed by atoms with Gasteiger partial charge < -0.3 is 21.1 Å². The number of amides is 1. The molecule has 1 atom stereocenters. The Morgan fingerprint density at radius 2 is 2.38 bits per heavy atom. The molecule has 16 heavy (non-hydrogen) atoms. The Hall–Kier alpha value is -1.34. The fourth-order valence-corrected chi connectivity index (χ4v) is 1.92. The number of anilines is 2. The maximum Gasteiger partial charge on any atom is 0.265 e. The lowest BCUT2D eigenvalue weighted by atomic mass is 10.3. The number of nitrogens with one attached hydrogen (secondary N) is 2. The second-order valence-corrected chi connectivity index (χ2v) is 4.31. The molecule has 7 heteroatoms. The van der Waals surface area contributed by atoms with E-state index < -0.39 is 0 Å². The number of ether oxygens (including phenoxy) is 1. The smallest absolute Gasteiger partial charge is 0.265 e. The van der Waals surface area contributed by atoms with Gasteiger partial charge in [-0.1, -0.05) is 11.3 Å². The zero-order chi connectivity index (χ0) is 12.1. The third-order valence-electron chi connectivity index (χ3n) is 1.87. The van der Waals surface area contributed by atoms with Gasteiger partial charge in [-0.05, 0) is 6.92 Å². The minimum Gasteiger partial charge on any atom is -0.383 e. The highest BCUT2D eigenvalue weighted by Gasteiger charge is 2.17. The van der Waals surface area contributed by atoms with Crippen molar-refractivity contribution < 1.29 is 9.53 Å². The van der Waals surface area contributed by atoms with Gasteiger partial charge in [0.1, 0.15) is 10.7 Å².